The van der Waals surface area contributed by atoms with Gasteiger partial charge in [-0.2, -0.15) is 0 Å². The molecule has 20 atom stereocenters. The van der Waals surface area contributed by atoms with Crippen LogP contribution in [0.3, 0.4) is 0 Å². The van der Waals surface area contributed by atoms with Crippen LogP contribution >= 0.6 is 0 Å². The first kappa shape index (κ1) is 41.9. The summed E-state index contributed by atoms with van der Waals surface area (Å²) in [5.74, 6) is -1.40. The summed E-state index contributed by atoms with van der Waals surface area (Å²) in [7, 11) is 0. The monoisotopic (exact) mass is 748 g/mol. The minimum Gasteiger partial charge on any atom is -0.394 e. The van der Waals surface area contributed by atoms with E-state index in [0.717, 1.165) is 13.8 Å². The number of ether oxygens (including phenoxy) is 7. The quantitative estimate of drug-likeness (QED) is 0.0881. The molecule has 296 valence electrons. The smallest absolute Gasteiger partial charge is 0.217 e. The zero-order chi connectivity index (χ0) is 37.9. The molecule has 0 aromatic heterocycles. The molecule has 4 fully saturated rings. The third kappa shape index (κ3) is 9.11. The Hall–Kier alpha value is -1.82. The molecule has 0 spiro atoms. The predicted molar refractivity (Wildman–Crippen MR) is 157 cm³/mol. The van der Waals surface area contributed by atoms with Gasteiger partial charge in [-0.15, -0.1) is 0 Å². The maximum Gasteiger partial charge on any atom is 0.217 e. The first-order valence-electron chi connectivity index (χ1n) is 16.1. The lowest BCUT2D eigenvalue weighted by molar-refractivity contribution is -0.379. The molecule has 0 aliphatic carbocycles. The van der Waals surface area contributed by atoms with Gasteiger partial charge in [0.15, 0.2) is 25.2 Å². The Morgan fingerprint density at radius 1 is 0.471 bits per heavy atom. The lowest BCUT2D eigenvalue weighted by atomic mass is 9.94. The van der Waals surface area contributed by atoms with Crippen LogP contribution in [0.1, 0.15) is 13.8 Å². The number of nitrogens with one attached hydrogen (secondary N) is 2. The Morgan fingerprint density at radius 2 is 0.882 bits per heavy atom. The number of hydrogen-bond acceptors (Lipinski definition) is 21. The maximum atomic E-state index is 12.2. The second-order valence-corrected chi connectivity index (χ2v) is 12.6. The summed E-state index contributed by atoms with van der Waals surface area (Å²) < 4.78 is 39.1. The second kappa shape index (κ2) is 18.0. The highest BCUT2D eigenvalue weighted by molar-refractivity contribution is 5.73. The Labute approximate surface area is 289 Å². The van der Waals surface area contributed by atoms with Crippen molar-refractivity contribution in [3.05, 3.63) is 0 Å². The first-order chi connectivity index (χ1) is 24.1. The minimum absolute atomic E-state index is 0.660. The third-order valence-electron chi connectivity index (χ3n) is 9.01. The lowest BCUT2D eigenvalue weighted by Gasteiger charge is -2.50. The van der Waals surface area contributed by atoms with Gasteiger partial charge in [-0.3, -0.25) is 9.59 Å². The zero-order valence-corrected chi connectivity index (χ0v) is 27.4. The average Bonchev–Trinajstić information content (AvgIpc) is 3.09. The number of carbonyl (C=O) groups excluding carboxylic acids is 2. The van der Waals surface area contributed by atoms with Crippen LogP contribution in [-0.2, 0) is 42.7 Å². The van der Waals surface area contributed by atoms with Crippen molar-refractivity contribution in [2.45, 2.75) is 137 Å². The van der Waals surface area contributed by atoms with E-state index in [0.29, 0.717) is 0 Å². The average molecular weight is 749 g/mol. The molecule has 0 aromatic rings. The second-order valence-electron chi connectivity index (χ2n) is 12.6. The number of hydrogen-bond donors (Lipinski definition) is 14. The molecule has 0 radical (unpaired) electrons. The van der Waals surface area contributed by atoms with Crippen molar-refractivity contribution in [2.24, 2.45) is 0 Å². The number of aliphatic hydroxyl groups is 12. The molecule has 4 saturated heterocycles. The molecular weight excluding hydrogens is 700 g/mol. The predicted octanol–water partition coefficient (Wildman–Crippen LogP) is -9.46. The van der Waals surface area contributed by atoms with Gasteiger partial charge in [0.2, 0.25) is 11.8 Å². The standard InChI is InChI=1S/C28H48N2O21/c1-7(35)29-13-17(39)22(11(5-33)45-25(13)44)49-26-14(30-8(2)36)18(40)23(12(6-34)48-26)50-28-21(43)24(16(38)10(4-32)47-28)51-27-20(42)19(41)15(37)9(3-31)46-27/h9-28,31-34,37-44H,3-6H2,1-2H3,(H,29,35)(H,30,36)/t9-,10-,11-,12-,13+,14-,15-,16-,17-,18-,19+,20+,21+,22-,23-,24+,25-,26-,27-,28-/m1/s1. The van der Waals surface area contributed by atoms with Gasteiger partial charge in [-0.1, -0.05) is 0 Å². The van der Waals surface area contributed by atoms with Gasteiger partial charge in [0.25, 0.3) is 0 Å². The molecule has 51 heavy (non-hydrogen) atoms. The van der Waals surface area contributed by atoms with Crippen molar-refractivity contribution in [1.29, 1.82) is 0 Å². The van der Waals surface area contributed by atoms with Crippen LogP contribution < -0.4 is 10.6 Å². The highest BCUT2D eigenvalue weighted by Crippen LogP contribution is 2.34. The van der Waals surface area contributed by atoms with E-state index in [4.69, 9.17) is 33.2 Å². The fourth-order valence-corrected chi connectivity index (χ4v) is 6.35. The van der Waals surface area contributed by atoms with E-state index in [1.807, 2.05) is 0 Å². The number of carbonyl (C=O) groups is 2. The maximum absolute atomic E-state index is 12.2. The highest BCUT2D eigenvalue weighted by atomic mass is 16.8. The highest BCUT2D eigenvalue weighted by Gasteiger charge is 2.55. The third-order valence-corrected chi connectivity index (χ3v) is 9.01. The number of rotatable bonds is 12. The van der Waals surface area contributed by atoms with E-state index in [-0.39, 0.29) is 0 Å². The van der Waals surface area contributed by atoms with Crippen LogP contribution in [0.15, 0.2) is 0 Å². The normalized spacial score (nSPS) is 47.8. The van der Waals surface area contributed by atoms with E-state index >= 15 is 0 Å². The Morgan fingerprint density at radius 3 is 1.41 bits per heavy atom. The molecule has 14 N–H and O–H groups in total. The molecule has 0 saturated carbocycles. The molecule has 0 aromatic carbocycles. The van der Waals surface area contributed by atoms with Crippen molar-refractivity contribution in [1.82, 2.24) is 10.6 Å². The summed E-state index contributed by atoms with van der Waals surface area (Å²) in [6.07, 6.45) is -31.4. The fourth-order valence-electron chi connectivity index (χ4n) is 6.35. The summed E-state index contributed by atoms with van der Waals surface area (Å²) in [5, 5.41) is 130. The van der Waals surface area contributed by atoms with Gasteiger partial charge in [0, 0.05) is 13.8 Å². The van der Waals surface area contributed by atoms with Crippen molar-refractivity contribution in [3.8, 4) is 0 Å². The van der Waals surface area contributed by atoms with E-state index in [1.54, 1.807) is 0 Å². The zero-order valence-electron chi connectivity index (χ0n) is 27.4. The Kier molecular flexibility index (Phi) is 14.8. The van der Waals surface area contributed by atoms with E-state index < -0.39 is 161 Å². The molecule has 23 nitrogen and oxygen atoms in total. The van der Waals surface area contributed by atoms with Gasteiger partial charge in [0.1, 0.15) is 97.5 Å². The molecule has 4 heterocycles. The molecule has 4 aliphatic rings. The van der Waals surface area contributed by atoms with Crippen molar-refractivity contribution in [2.75, 3.05) is 26.4 Å². The van der Waals surface area contributed by atoms with E-state index in [9.17, 15) is 70.9 Å². The lowest BCUT2D eigenvalue weighted by Crippen LogP contribution is -2.70. The Bertz CT molecular complexity index is 1140. The molecular formula is C28H48N2O21. The summed E-state index contributed by atoms with van der Waals surface area (Å²) in [6.45, 7) is -1.28. The van der Waals surface area contributed by atoms with Crippen LogP contribution in [0.4, 0.5) is 0 Å². The van der Waals surface area contributed by atoms with Crippen LogP contribution in [-0.4, -0.2) is 222 Å². The molecule has 4 rings (SSSR count). The summed E-state index contributed by atoms with van der Waals surface area (Å²) >= 11 is 0. The van der Waals surface area contributed by atoms with Crippen LogP contribution in [0, 0.1) is 0 Å². The summed E-state index contributed by atoms with van der Waals surface area (Å²) in [5.41, 5.74) is 0. The SMILES string of the molecule is CC(=O)N[C@H]1[C@@H](O[C@H]2[C@H](O)[C@H](NC(C)=O)[C@H](O)O[C@@H]2CO)O[C@H](CO)[C@@H](O[C@H]2O[C@H](CO)[C@@H](O)[C@H](O[C@H]3O[C@H](CO)[C@@H](O)[C@H](O)[C@@H]3O)[C@@H]2O)[C@@H]1O. The van der Waals surface area contributed by atoms with Gasteiger partial charge in [0.05, 0.1) is 26.4 Å². The summed E-state index contributed by atoms with van der Waals surface area (Å²) in [6, 6.07) is -3.04. The van der Waals surface area contributed by atoms with Crippen molar-refractivity contribution < 1.29 is 104 Å². The number of amides is 2. The van der Waals surface area contributed by atoms with E-state index in [1.165, 1.54) is 0 Å². The van der Waals surface area contributed by atoms with Crippen molar-refractivity contribution >= 4 is 11.8 Å². The van der Waals surface area contributed by atoms with Gasteiger partial charge >= 0.3 is 0 Å². The molecule has 0 unspecified atom stereocenters. The van der Waals surface area contributed by atoms with Crippen LogP contribution in [0.25, 0.3) is 0 Å². The fraction of sp³-hybridized carbons (Fsp3) is 0.929. The van der Waals surface area contributed by atoms with Crippen LogP contribution in [0.5, 0.6) is 0 Å². The first-order valence-corrected chi connectivity index (χ1v) is 16.1. The van der Waals surface area contributed by atoms with Gasteiger partial charge < -0.3 is 105 Å². The van der Waals surface area contributed by atoms with E-state index in [2.05, 4.69) is 10.6 Å². The minimum atomic E-state index is -2.04. The van der Waals surface area contributed by atoms with Gasteiger partial charge in [-0.25, -0.2) is 0 Å². The molecule has 23 heteroatoms. The van der Waals surface area contributed by atoms with Crippen molar-refractivity contribution in [3.63, 3.8) is 0 Å². The molecule has 0 bridgehead atoms. The van der Waals surface area contributed by atoms with Gasteiger partial charge in [-0.05, 0) is 0 Å². The largest absolute Gasteiger partial charge is 0.394 e. The molecule has 2 amide bonds. The summed E-state index contributed by atoms with van der Waals surface area (Å²) in [4.78, 5) is 23.9. The molecule has 4 aliphatic heterocycles. The number of aliphatic hydroxyl groups excluding tert-OH is 12. The Balaban J connectivity index is 1.56. The van der Waals surface area contributed by atoms with Crippen LogP contribution in [0.2, 0.25) is 0 Å². The topological polar surface area (TPSA) is 366 Å².